The van der Waals surface area contributed by atoms with Gasteiger partial charge in [-0.2, -0.15) is 0 Å². The summed E-state index contributed by atoms with van der Waals surface area (Å²) in [7, 11) is 0. The third-order valence-corrected chi connectivity index (χ3v) is 3.09. The quantitative estimate of drug-likeness (QED) is 0.893. The maximum Gasteiger partial charge on any atom is 0.120 e. The monoisotopic (exact) mass is 291 g/mol. The topological polar surface area (TPSA) is 32.3 Å². The van der Waals surface area contributed by atoms with E-state index in [0.717, 1.165) is 21.3 Å². The Hall–Kier alpha value is -1.48. The summed E-state index contributed by atoms with van der Waals surface area (Å²) in [5, 5.41) is 13.0. The van der Waals surface area contributed by atoms with Gasteiger partial charge in [0.15, 0.2) is 0 Å². The Balaban J connectivity index is 2.07. The predicted octanol–water partition coefficient (Wildman–Crippen LogP) is 4.08. The molecule has 2 aromatic rings. The summed E-state index contributed by atoms with van der Waals surface area (Å²) in [6, 6.07) is 13.6. The highest BCUT2D eigenvalue weighted by molar-refractivity contribution is 9.10. The van der Waals surface area contributed by atoms with Gasteiger partial charge in [0.05, 0.1) is 0 Å². The molecule has 0 saturated carbocycles. The average molecular weight is 292 g/mol. The Kier molecular flexibility index (Phi) is 3.69. The Labute approximate surface area is 109 Å². The lowest BCUT2D eigenvalue weighted by Crippen LogP contribution is -1.99. The highest BCUT2D eigenvalue weighted by Gasteiger charge is 2.01. The van der Waals surface area contributed by atoms with E-state index in [1.807, 2.05) is 43.3 Å². The van der Waals surface area contributed by atoms with Crippen LogP contribution in [0.1, 0.15) is 11.1 Å². The van der Waals surface area contributed by atoms with E-state index in [1.54, 1.807) is 6.07 Å². The number of halogens is 1. The number of anilines is 1. The van der Waals surface area contributed by atoms with Crippen LogP contribution in [0.25, 0.3) is 0 Å². The summed E-state index contributed by atoms with van der Waals surface area (Å²) in [5.74, 6) is 0.334. The molecule has 0 radical (unpaired) electrons. The molecule has 0 fully saturated rings. The van der Waals surface area contributed by atoms with Gasteiger partial charge in [0, 0.05) is 22.3 Å². The number of phenolic OH excluding ortho intramolecular Hbond substituents is 1. The fourth-order valence-electron chi connectivity index (χ4n) is 1.62. The van der Waals surface area contributed by atoms with Crippen molar-refractivity contribution in [3.05, 3.63) is 58.1 Å². The van der Waals surface area contributed by atoms with Crippen molar-refractivity contribution in [2.75, 3.05) is 5.32 Å². The molecular weight excluding hydrogens is 278 g/mol. The fraction of sp³-hybridized carbons (Fsp3) is 0.143. The van der Waals surface area contributed by atoms with Crippen molar-refractivity contribution in [2.24, 2.45) is 0 Å². The van der Waals surface area contributed by atoms with Crippen molar-refractivity contribution in [2.45, 2.75) is 13.5 Å². The van der Waals surface area contributed by atoms with Crippen LogP contribution < -0.4 is 5.32 Å². The van der Waals surface area contributed by atoms with E-state index in [4.69, 9.17) is 0 Å². The number of rotatable bonds is 3. The number of aromatic hydroxyl groups is 1. The zero-order valence-electron chi connectivity index (χ0n) is 9.57. The van der Waals surface area contributed by atoms with Gasteiger partial charge < -0.3 is 10.4 Å². The molecule has 0 aliphatic rings. The van der Waals surface area contributed by atoms with Gasteiger partial charge in [0.1, 0.15) is 5.75 Å². The van der Waals surface area contributed by atoms with Gasteiger partial charge >= 0.3 is 0 Å². The van der Waals surface area contributed by atoms with Crippen LogP contribution in [-0.4, -0.2) is 5.11 Å². The molecule has 2 aromatic carbocycles. The van der Waals surface area contributed by atoms with E-state index >= 15 is 0 Å². The van der Waals surface area contributed by atoms with E-state index in [0.29, 0.717) is 12.3 Å². The first kappa shape index (κ1) is 12.0. The molecular formula is C14H14BrNO. The molecule has 0 aliphatic heterocycles. The smallest absolute Gasteiger partial charge is 0.120 e. The number of hydrogen-bond acceptors (Lipinski definition) is 2. The second kappa shape index (κ2) is 5.23. The second-order valence-corrected chi connectivity index (χ2v) is 4.91. The van der Waals surface area contributed by atoms with Crippen LogP contribution in [0, 0.1) is 6.92 Å². The highest BCUT2D eigenvalue weighted by atomic mass is 79.9. The van der Waals surface area contributed by atoms with Crippen LogP contribution in [0.4, 0.5) is 5.69 Å². The van der Waals surface area contributed by atoms with E-state index in [1.165, 1.54) is 0 Å². The van der Waals surface area contributed by atoms with Gasteiger partial charge in [-0.15, -0.1) is 0 Å². The van der Waals surface area contributed by atoms with Crippen molar-refractivity contribution >= 4 is 21.6 Å². The zero-order valence-corrected chi connectivity index (χ0v) is 11.2. The van der Waals surface area contributed by atoms with Gasteiger partial charge in [-0.25, -0.2) is 0 Å². The van der Waals surface area contributed by atoms with Crippen molar-refractivity contribution in [3.63, 3.8) is 0 Å². The molecule has 0 aliphatic carbocycles. The molecule has 0 heterocycles. The largest absolute Gasteiger partial charge is 0.508 e. The van der Waals surface area contributed by atoms with Gasteiger partial charge in [-0.05, 0) is 37.3 Å². The van der Waals surface area contributed by atoms with Crippen molar-refractivity contribution in [3.8, 4) is 5.75 Å². The van der Waals surface area contributed by atoms with Crippen molar-refractivity contribution in [1.82, 2.24) is 0 Å². The van der Waals surface area contributed by atoms with Gasteiger partial charge in [0.2, 0.25) is 0 Å². The molecule has 88 valence electrons. The molecule has 0 amide bonds. The Morgan fingerprint density at radius 2 is 1.82 bits per heavy atom. The van der Waals surface area contributed by atoms with Crippen LogP contribution >= 0.6 is 15.9 Å². The lowest BCUT2D eigenvalue weighted by atomic mass is 10.1. The van der Waals surface area contributed by atoms with Crippen LogP contribution in [0.5, 0.6) is 5.75 Å². The SMILES string of the molecule is Cc1ccc(O)c(CNc2ccc(Br)cc2)c1. The van der Waals surface area contributed by atoms with E-state index in [9.17, 15) is 5.11 Å². The second-order valence-electron chi connectivity index (χ2n) is 3.99. The zero-order chi connectivity index (χ0) is 12.3. The van der Waals surface area contributed by atoms with Crippen LogP contribution in [-0.2, 0) is 6.54 Å². The normalized spacial score (nSPS) is 10.2. The van der Waals surface area contributed by atoms with Gasteiger partial charge in [-0.3, -0.25) is 0 Å². The molecule has 0 spiro atoms. The van der Waals surface area contributed by atoms with E-state index in [2.05, 4.69) is 21.2 Å². The summed E-state index contributed by atoms with van der Waals surface area (Å²) in [6.45, 7) is 2.64. The predicted molar refractivity (Wildman–Crippen MR) is 74.3 cm³/mol. The summed E-state index contributed by atoms with van der Waals surface area (Å²) < 4.78 is 1.06. The minimum absolute atomic E-state index is 0.334. The average Bonchev–Trinajstić information content (AvgIpc) is 2.32. The summed E-state index contributed by atoms with van der Waals surface area (Å²) >= 11 is 3.39. The Bertz CT molecular complexity index is 508. The van der Waals surface area contributed by atoms with Crippen molar-refractivity contribution < 1.29 is 5.11 Å². The number of nitrogens with one attached hydrogen (secondary N) is 1. The minimum atomic E-state index is 0.334. The maximum absolute atomic E-state index is 9.71. The fourth-order valence-corrected chi connectivity index (χ4v) is 1.89. The summed E-state index contributed by atoms with van der Waals surface area (Å²) in [5.41, 5.74) is 3.09. The molecule has 0 atom stereocenters. The summed E-state index contributed by atoms with van der Waals surface area (Å²) in [6.07, 6.45) is 0. The molecule has 0 aromatic heterocycles. The van der Waals surface area contributed by atoms with Gasteiger partial charge in [0.25, 0.3) is 0 Å². The molecule has 0 unspecified atom stereocenters. The Morgan fingerprint density at radius 1 is 1.12 bits per heavy atom. The number of aryl methyl sites for hydroxylation is 1. The highest BCUT2D eigenvalue weighted by Crippen LogP contribution is 2.20. The first-order chi connectivity index (χ1) is 8.15. The maximum atomic E-state index is 9.71. The molecule has 2 rings (SSSR count). The molecule has 3 heteroatoms. The lowest BCUT2D eigenvalue weighted by molar-refractivity contribution is 0.469. The molecule has 2 N–H and O–H groups in total. The molecule has 0 bridgehead atoms. The number of benzene rings is 2. The summed E-state index contributed by atoms with van der Waals surface area (Å²) in [4.78, 5) is 0. The number of phenols is 1. The van der Waals surface area contributed by atoms with E-state index < -0.39 is 0 Å². The standard InChI is InChI=1S/C14H14BrNO/c1-10-2-7-14(17)11(8-10)9-16-13-5-3-12(15)4-6-13/h2-8,16-17H,9H2,1H3. The molecule has 17 heavy (non-hydrogen) atoms. The van der Waals surface area contributed by atoms with E-state index in [-0.39, 0.29) is 0 Å². The first-order valence-electron chi connectivity index (χ1n) is 5.43. The van der Waals surface area contributed by atoms with Crippen LogP contribution in [0.3, 0.4) is 0 Å². The van der Waals surface area contributed by atoms with Crippen LogP contribution in [0.2, 0.25) is 0 Å². The molecule has 2 nitrogen and oxygen atoms in total. The third kappa shape index (κ3) is 3.24. The third-order valence-electron chi connectivity index (χ3n) is 2.56. The molecule has 0 saturated heterocycles. The minimum Gasteiger partial charge on any atom is -0.508 e. The Morgan fingerprint density at radius 3 is 2.53 bits per heavy atom. The first-order valence-corrected chi connectivity index (χ1v) is 6.22. The van der Waals surface area contributed by atoms with Crippen LogP contribution in [0.15, 0.2) is 46.9 Å². The lowest BCUT2D eigenvalue weighted by Gasteiger charge is -2.09. The van der Waals surface area contributed by atoms with Gasteiger partial charge in [-0.1, -0.05) is 33.6 Å². The number of hydrogen-bond donors (Lipinski definition) is 2. The van der Waals surface area contributed by atoms with Crippen molar-refractivity contribution in [1.29, 1.82) is 0 Å².